The summed E-state index contributed by atoms with van der Waals surface area (Å²) in [6.07, 6.45) is 3.35. The summed E-state index contributed by atoms with van der Waals surface area (Å²) in [7, 11) is 0. The molecule has 0 bridgehead atoms. The Morgan fingerprint density at radius 1 is 1.06 bits per heavy atom. The van der Waals surface area contributed by atoms with Crippen molar-refractivity contribution in [3.05, 3.63) is 59.2 Å². The fourth-order valence-electron chi connectivity index (χ4n) is 4.83. The van der Waals surface area contributed by atoms with Gasteiger partial charge < -0.3 is 4.90 Å². The van der Waals surface area contributed by atoms with Gasteiger partial charge in [-0.05, 0) is 31.0 Å². The number of hydrogen-bond acceptors (Lipinski definition) is 4. The second-order valence-electron chi connectivity index (χ2n) is 8.83. The Hall–Kier alpha value is -2.41. The molecule has 1 aliphatic carbocycles. The summed E-state index contributed by atoms with van der Waals surface area (Å²) >= 11 is 7.93. The molecule has 2 aliphatic rings. The Morgan fingerprint density at radius 3 is 2.56 bits per heavy atom. The number of halogens is 1. The number of thiazole rings is 1. The molecule has 1 saturated heterocycles. The van der Waals surface area contributed by atoms with Crippen molar-refractivity contribution in [2.45, 2.75) is 25.8 Å². The van der Waals surface area contributed by atoms with Gasteiger partial charge in [-0.25, -0.2) is 4.98 Å². The van der Waals surface area contributed by atoms with Gasteiger partial charge in [0, 0.05) is 49.2 Å². The Morgan fingerprint density at radius 2 is 1.84 bits per heavy atom. The summed E-state index contributed by atoms with van der Waals surface area (Å²) in [4.78, 5) is 23.2. The summed E-state index contributed by atoms with van der Waals surface area (Å²) in [5, 5.41) is 0.749. The van der Waals surface area contributed by atoms with E-state index < -0.39 is 0 Å². The lowest BCUT2D eigenvalue weighted by atomic mass is 9.84. The lowest BCUT2D eigenvalue weighted by molar-refractivity contribution is -0.140. The predicted molar refractivity (Wildman–Crippen MR) is 130 cm³/mol. The van der Waals surface area contributed by atoms with Crippen LogP contribution < -0.4 is 0 Å². The van der Waals surface area contributed by atoms with E-state index in [1.165, 1.54) is 12.1 Å². The van der Waals surface area contributed by atoms with E-state index in [9.17, 15) is 4.79 Å². The monoisotopic (exact) mass is 464 g/mol. The van der Waals surface area contributed by atoms with Crippen LogP contribution in [-0.2, 0) is 11.3 Å². The van der Waals surface area contributed by atoms with Gasteiger partial charge in [0.05, 0.1) is 21.6 Å². The van der Waals surface area contributed by atoms with Crippen molar-refractivity contribution in [1.82, 2.24) is 19.2 Å². The zero-order valence-electron chi connectivity index (χ0n) is 17.8. The number of carbonyl (C=O) groups excluding carboxylic acids is 1. The van der Waals surface area contributed by atoms with Crippen molar-refractivity contribution < 1.29 is 4.79 Å². The van der Waals surface area contributed by atoms with Crippen LogP contribution in [0.3, 0.4) is 0 Å². The number of rotatable bonds is 4. The van der Waals surface area contributed by atoms with Gasteiger partial charge in [0.1, 0.15) is 0 Å². The van der Waals surface area contributed by atoms with Crippen LogP contribution in [0.2, 0.25) is 5.02 Å². The standard InChI is InChI=1S/C25H25ClN4OS/c26-19-9-10-20-22(15-19)32-25-27-23(17-5-2-1-3-6-17)21(30(20)25)16-28-11-13-29(14-12-28)24(31)18-7-4-8-18/h1-3,5-6,9-10,15,18H,4,7-8,11-14,16H2. The lowest BCUT2D eigenvalue weighted by Crippen LogP contribution is -2.50. The van der Waals surface area contributed by atoms with Crippen LogP contribution in [0.4, 0.5) is 0 Å². The Kier molecular flexibility index (Phi) is 5.17. The van der Waals surface area contributed by atoms with E-state index in [1.807, 2.05) is 18.2 Å². The van der Waals surface area contributed by atoms with E-state index in [-0.39, 0.29) is 5.92 Å². The average Bonchev–Trinajstić information content (AvgIpc) is 3.29. The van der Waals surface area contributed by atoms with E-state index in [2.05, 4.69) is 44.5 Å². The molecule has 0 N–H and O–H groups in total. The molecule has 2 aromatic carbocycles. The second-order valence-corrected chi connectivity index (χ2v) is 10.3. The number of imidazole rings is 1. The molecule has 0 radical (unpaired) electrons. The molecule has 0 unspecified atom stereocenters. The first-order valence-corrected chi connectivity index (χ1v) is 12.5. The van der Waals surface area contributed by atoms with Gasteiger partial charge in [0.15, 0.2) is 4.96 Å². The molecule has 6 rings (SSSR count). The predicted octanol–water partition coefficient (Wildman–Crippen LogP) is 5.31. The molecule has 2 aromatic heterocycles. The van der Waals surface area contributed by atoms with Gasteiger partial charge in [0.25, 0.3) is 0 Å². The summed E-state index contributed by atoms with van der Waals surface area (Å²) in [5.41, 5.74) is 4.54. The molecular weight excluding hydrogens is 440 g/mol. The number of hydrogen-bond donors (Lipinski definition) is 0. The summed E-state index contributed by atoms with van der Waals surface area (Å²) in [6, 6.07) is 16.5. The van der Waals surface area contributed by atoms with Crippen LogP contribution in [0.1, 0.15) is 25.0 Å². The van der Waals surface area contributed by atoms with Crippen molar-refractivity contribution in [1.29, 1.82) is 0 Å². The van der Waals surface area contributed by atoms with Gasteiger partial charge in [-0.2, -0.15) is 0 Å². The normalized spacial score (nSPS) is 17.8. The number of nitrogens with zero attached hydrogens (tertiary/aromatic N) is 4. The van der Waals surface area contributed by atoms with Crippen molar-refractivity contribution in [2.24, 2.45) is 5.92 Å². The zero-order chi connectivity index (χ0) is 21.7. The van der Waals surface area contributed by atoms with E-state index >= 15 is 0 Å². The highest BCUT2D eigenvalue weighted by molar-refractivity contribution is 7.23. The fourth-order valence-corrected chi connectivity index (χ4v) is 6.15. The molecule has 0 atom stereocenters. The molecular formula is C25H25ClN4OS. The van der Waals surface area contributed by atoms with E-state index in [0.29, 0.717) is 5.91 Å². The highest BCUT2D eigenvalue weighted by atomic mass is 35.5. The van der Waals surface area contributed by atoms with Crippen LogP contribution in [0.5, 0.6) is 0 Å². The fraction of sp³-hybridized carbons (Fsp3) is 0.360. The zero-order valence-corrected chi connectivity index (χ0v) is 19.4. The molecule has 1 aliphatic heterocycles. The van der Waals surface area contributed by atoms with E-state index in [0.717, 1.165) is 77.0 Å². The first-order chi connectivity index (χ1) is 15.7. The molecule has 7 heteroatoms. The SMILES string of the molecule is O=C(C1CCC1)N1CCN(Cc2c(-c3ccccc3)nc3sc4cc(Cl)ccc4n23)CC1. The van der Waals surface area contributed by atoms with Crippen LogP contribution in [0, 0.1) is 5.92 Å². The second kappa shape index (κ2) is 8.18. The minimum Gasteiger partial charge on any atom is -0.340 e. The minimum atomic E-state index is 0.282. The molecule has 1 saturated carbocycles. The molecule has 1 amide bonds. The van der Waals surface area contributed by atoms with Gasteiger partial charge in [-0.15, -0.1) is 0 Å². The minimum absolute atomic E-state index is 0.282. The smallest absolute Gasteiger partial charge is 0.225 e. The number of fused-ring (bicyclic) bond motifs is 3. The molecule has 32 heavy (non-hydrogen) atoms. The van der Waals surface area contributed by atoms with Crippen molar-refractivity contribution in [2.75, 3.05) is 26.2 Å². The average molecular weight is 465 g/mol. The third kappa shape index (κ3) is 3.51. The molecule has 4 aromatic rings. The van der Waals surface area contributed by atoms with Crippen LogP contribution >= 0.6 is 22.9 Å². The van der Waals surface area contributed by atoms with Gasteiger partial charge in [-0.1, -0.05) is 59.7 Å². The highest BCUT2D eigenvalue weighted by Gasteiger charge is 2.31. The maximum Gasteiger partial charge on any atom is 0.225 e. The summed E-state index contributed by atoms with van der Waals surface area (Å²) in [5.74, 6) is 0.651. The first kappa shape index (κ1) is 20.2. The van der Waals surface area contributed by atoms with Crippen LogP contribution in [0.25, 0.3) is 26.4 Å². The maximum absolute atomic E-state index is 12.6. The maximum atomic E-state index is 12.6. The molecule has 2 fully saturated rings. The van der Waals surface area contributed by atoms with Gasteiger partial charge >= 0.3 is 0 Å². The summed E-state index contributed by atoms with van der Waals surface area (Å²) in [6.45, 7) is 4.24. The quantitative estimate of drug-likeness (QED) is 0.410. The Bertz CT molecular complexity index is 1290. The van der Waals surface area contributed by atoms with Crippen molar-refractivity contribution >= 4 is 44.0 Å². The van der Waals surface area contributed by atoms with Gasteiger partial charge in [0.2, 0.25) is 5.91 Å². The Labute approximate surface area is 196 Å². The van der Waals surface area contributed by atoms with Crippen LogP contribution in [-0.4, -0.2) is 51.3 Å². The number of carbonyl (C=O) groups is 1. The number of benzene rings is 2. The molecule has 5 nitrogen and oxygen atoms in total. The van der Waals surface area contributed by atoms with Crippen molar-refractivity contribution in [3.63, 3.8) is 0 Å². The van der Waals surface area contributed by atoms with Crippen molar-refractivity contribution in [3.8, 4) is 11.3 Å². The molecule has 3 heterocycles. The third-order valence-corrected chi connectivity index (χ3v) is 8.10. The molecule has 0 spiro atoms. The first-order valence-electron chi connectivity index (χ1n) is 11.3. The number of amides is 1. The van der Waals surface area contributed by atoms with E-state index in [4.69, 9.17) is 16.6 Å². The van der Waals surface area contributed by atoms with Crippen LogP contribution in [0.15, 0.2) is 48.5 Å². The van der Waals surface area contributed by atoms with Gasteiger partial charge in [-0.3, -0.25) is 14.1 Å². The Balaban J connectivity index is 1.33. The molecule has 164 valence electrons. The number of piperazine rings is 1. The summed E-state index contributed by atoms with van der Waals surface area (Å²) < 4.78 is 3.45. The number of aromatic nitrogens is 2. The highest BCUT2D eigenvalue weighted by Crippen LogP contribution is 2.35. The third-order valence-electron chi connectivity index (χ3n) is 6.86. The lowest BCUT2D eigenvalue weighted by Gasteiger charge is -2.38. The van der Waals surface area contributed by atoms with E-state index in [1.54, 1.807) is 11.3 Å². The largest absolute Gasteiger partial charge is 0.340 e. The topological polar surface area (TPSA) is 40.9 Å².